The molecule has 12 rings (SSSR count). The third-order valence-corrected chi connectivity index (χ3v) is 13.1. The molecule has 0 N–H and O–H groups in total. The van der Waals surface area contributed by atoms with E-state index in [0.717, 1.165) is 61.7 Å². The molecular formula is C58H42N2. The van der Waals surface area contributed by atoms with Crippen molar-refractivity contribution in [1.82, 2.24) is 0 Å². The van der Waals surface area contributed by atoms with Crippen LogP contribution < -0.4 is 9.80 Å². The molecule has 284 valence electrons. The fourth-order valence-corrected chi connectivity index (χ4v) is 10.7. The van der Waals surface area contributed by atoms with Gasteiger partial charge in [0.15, 0.2) is 0 Å². The number of hydrogen-bond donors (Lipinski definition) is 0. The van der Waals surface area contributed by atoms with Crippen molar-refractivity contribution in [2.75, 3.05) is 9.80 Å². The minimum absolute atomic E-state index is 0.0997. The van der Waals surface area contributed by atoms with Crippen LogP contribution in [0.1, 0.15) is 54.1 Å². The summed E-state index contributed by atoms with van der Waals surface area (Å²) in [6.07, 6.45) is 0. The largest absolute Gasteiger partial charge is 0.310 e. The molecule has 3 aliphatic carbocycles. The fraction of sp³-hybridized carbons (Fsp3) is 0.0690. The van der Waals surface area contributed by atoms with E-state index in [0.29, 0.717) is 5.69 Å². The van der Waals surface area contributed by atoms with Crippen LogP contribution in [-0.4, -0.2) is 0 Å². The standard InChI is InChI=1S/C58H42N2/c1-57(2)47-29-15-12-26-43(47)44-37-36-42(38-52(44)57)60(41-24-10-5-11-25-41)54-35-19-33-51-56(54)46-28-14-17-31-49(46)58(51)48-30-16-13-27-45(48)55-50(58)32-18-34-53(55)59(39-20-6-3-7-21-39)40-22-8-4-9-23-40/h3-38H,1-2H3/i3D,6D,7D,20D,21D. The first kappa shape index (κ1) is 29.7. The second kappa shape index (κ2) is 13.0. The highest BCUT2D eigenvalue weighted by Crippen LogP contribution is 2.66. The summed E-state index contributed by atoms with van der Waals surface area (Å²) in [7, 11) is 0. The Kier molecular flexibility index (Phi) is 6.47. The Labute approximate surface area is 359 Å². The first-order chi connectivity index (χ1) is 31.6. The highest BCUT2D eigenvalue weighted by Gasteiger charge is 2.53. The maximum Gasteiger partial charge on any atom is 0.0727 e. The summed E-state index contributed by atoms with van der Waals surface area (Å²) in [6.45, 7) is 4.66. The second-order valence-electron chi connectivity index (χ2n) is 16.5. The van der Waals surface area contributed by atoms with Gasteiger partial charge in [-0.05, 0) is 116 Å². The van der Waals surface area contributed by atoms with Gasteiger partial charge in [-0.3, -0.25) is 0 Å². The molecule has 60 heavy (non-hydrogen) atoms. The molecular weight excluding hydrogens is 725 g/mol. The molecule has 2 heteroatoms. The molecule has 1 unspecified atom stereocenters. The maximum absolute atomic E-state index is 9.24. The van der Waals surface area contributed by atoms with Gasteiger partial charge in [0.05, 0.1) is 23.6 Å². The Morgan fingerprint density at radius 1 is 0.350 bits per heavy atom. The predicted octanol–water partition coefficient (Wildman–Crippen LogP) is 15.3. The van der Waals surface area contributed by atoms with Gasteiger partial charge in [0.25, 0.3) is 0 Å². The van der Waals surface area contributed by atoms with Gasteiger partial charge >= 0.3 is 0 Å². The Balaban J connectivity index is 1.14. The molecule has 0 saturated heterocycles. The topological polar surface area (TPSA) is 6.48 Å². The molecule has 0 bridgehead atoms. The molecule has 0 aliphatic heterocycles. The number of anilines is 6. The van der Waals surface area contributed by atoms with Gasteiger partial charge in [-0.25, -0.2) is 0 Å². The molecule has 0 heterocycles. The van der Waals surface area contributed by atoms with Crippen LogP contribution in [0.2, 0.25) is 0 Å². The van der Waals surface area contributed by atoms with E-state index >= 15 is 0 Å². The smallest absolute Gasteiger partial charge is 0.0727 e. The van der Waals surface area contributed by atoms with Crippen LogP contribution in [0.15, 0.2) is 218 Å². The van der Waals surface area contributed by atoms with Crippen LogP contribution in [0.3, 0.4) is 0 Å². The van der Waals surface area contributed by atoms with Gasteiger partial charge in [0.2, 0.25) is 0 Å². The third kappa shape index (κ3) is 4.70. The Bertz CT molecular complexity index is 3410. The maximum atomic E-state index is 9.24. The van der Waals surface area contributed by atoms with Crippen LogP contribution in [0.5, 0.6) is 0 Å². The summed E-state index contributed by atoms with van der Waals surface area (Å²) in [5, 5.41) is 0. The minimum Gasteiger partial charge on any atom is -0.310 e. The van der Waals surface area contributed by atoms with Crippen molar-refractivity contribution < 1.29 is 6.85 Å². The number of nitrogens with zero attached hydrogens (tertiary/aromatic N) is 2. The monoisotopic (exact) mass is 771 g/mol. The zero-order chi connectivity index (χ0) is 44.4. The Morgan fingerprint density at radius 3 is 1.37 bits per heavy atom. The molecule has 3 aliphatic rings. The summed E-state index contributed by atoms with van der Waals surface area (Å²) in [4.78, 5) is 4.28. The normalized spacial score (nSPS) is 16.9. The molecule has 1 atom stereocenters. The summed E-state index contributed by atoms with van der Waals surface area (Å²) in [6, 6.07) is 64.7. The van der Waals surface area contributed by atoms with Crippen molar-refractivity contribution in [2.24, 2.45) is 0 Å². The van der Waals surface area contributed by atoms with E-state index in [1.165, 1.54) is 27.8 Å². The minimum atomic E-state index is -0.754. The van der Waals surface area contributed by atoms with Crippen LogP contribution in [0.25, 0.3) is 33.4 Å². The number of hydrogen-bond acceptors (Lipinski definition) is 2. The van der Waals surface area contributed by atoms with Crippen LogP contribution in [0, 0.1) is 0 Å². The van der Waals surface area contributed by atoms with E-state index in [-0.39, 0.29) is 35.3 Å². The summed E-state index contributed by atoms with van der Waals surface area (Å²) >= 11 is 0. The van der Waals surface area contributed by atoms with E-state index in [9.17, 15) is 2.74 Å². The van der Waals surface area contributed by atoms with Gasteiger partial charge in [-0.2, -0.15) is 0 Å². The molecule has 0 aromatic heterocycles. The molecule has 2 nitrogen and oxygen atoms in total. The van der Waals surface area contributed by atoms with Crippen molar-refractivity contribution in [3.8, 4) is 33.4 Å². The average molecular weight is 772 g/mol. The fourth-order valence-electron chi connectivity index (χ4n) is 10.7. The lowest BCUT2D eigenvalue weighted by Crippen LogP contribution is -2.26. The SMILES string of the molecule is [2H]c1c([2H])c([2H])c(N(c2ccccc2)c2cccc3c2-c2ccccc2C32c3ccccc3-c3c(N(c4ccccc4)c4ccc5c(c4)C(C)(C)c4ccccc4-5)cccc32)c([2H])c1[2H]. The van der Waals surface area contributed by atoms with Gasteiger partial charge in [-0.15, -0.1) is 0 Å². The third-order valence-electron chi connectivity index (χ3n) is 13.1. The molecule has 9 aromatic carbocycles. The number of rotatable bonds is 6. The zero-order valence-electron chi connectivity index (χ0n) is 38.3. The lowest BCUT2D eigenvalue weighted by molar-refractivity contribution is 0.660. The lowest BCUT2D eigenvalue weighted by Gasteiger charge is -2.33. The van der Waals surface area contributed by atoms with Gasteiger partial charge < -0.3 is 9.80 Å². The first-order valence-electron chi connectivity index (χ1n) is 23.1. The van der Waals surface area contributed by atoms with E-state index in [1.807, 2.05) is 41.3 Å². The molecule has 0 fully saturated rings. The summed E-state index contributed by atoms with van der Waals surface area (Å²) < 4.78 is 44.4. The number of para-hydroxylation sites is 3. The van der Waals surface area contributed by atoms with E-state index in [1.54, 1.807) is 0 Å². The Hall–Kier alpha value is -7.42. The summed E-state index contributed by atoms with van der Waals surface area (Å²) in [5.74, 6) is 0. The van der Waals surface area contributed by atoms with E-state index in [4.69, 9.17) is 4.11 Å². The lowest BCUT2D eigenvalue weighted by atomic mass is 9.70. The average Bonchev–Trinajstić information content (AvgIpc) is 3.91. The van der Waals surface area contributed by atoms with Crippen molar-refractivity contribution >= 4 is 34.1 Å². The van der Waals surface area contributed by atoms with Crippen molar-refractivity contribution in [1.29, 1.82) is 0 Å². The van der Waals surface area contributed by atoms with E-state index < -0.39 is 11.5 Å². The van der Waals surface area contributed by atoms with Crippen molar-refractivity contribution in [3.05, 3.63) is 252 Å². The highest BCUT2D eigenvalue weighted by atomic mass is 15.2. The van der Waals surface area contributed by atoms with Gasteiger partial charge in [-0.1, -0.05) is 172 Å². The molecule has 0 radical (unpaired) electrons. The number of fused-ring (bicyclic) bond motifs is 13. The van der Waals surface area contributed by atoms with Crippen LogP contribution >= 0.6 is 0 Å². The second-order valence-corrected chi connectivity index (χ2v) is 16.5. The molecule has 0 amide bonds. The molecule has 1 spiro atoms. The summed E-state index contributed by atoms with van der Waals surface area (Å²) in [5.41, 5.74) is 17.8. The number of benzene rings is 9. The van der Waals surface area contributed by atoms with Crippen molar-refractivity contribution in [2.45, 2.75) is 24.7 Å². The van der Waals surface area contributed by atoms with Crippen LogP contribution in [-0.2, 0) is 10.8 Å². The highest BCUT2D eigenvalue weighted by molar-refractivity contribution is 6.04. The quantitative estimate of drug-likeness (QED) is 0.166. The van der Waals surface area contributed by atoms with Crippen LogP contribution in [0.4, 0.5) is 34.1 Å². The zero-order valence-corrected chi connectivity index (χ0v) is 33.3. The predicted molar refractivity (Wildman–Crippen MR) is 250 cm³/mol. The molecule has 9 aromatic rings. The Morgan fingerprint density at radius 2 is 0.800 bits per heavy atom. The van der Waals surface area contributed by atoms with Gasteiger partial charge in [0.1, 0.15) is 0 Å². The van der Waals surface area contributed by atoms with Crippen molar-refractivity contribution in [3.63, 3.8) is 0 Å². The van der Waals surface area contributed by atoms with E-state index in [2.05, 4.69) is 170 Å². The first-order valence-corrected chi connectivity index (χ1v) is 20.6. The van der Waals surface area contributed by atoms with Gasteiger partial charge in [0, 0.05) is 39.3 Å². The molecule has 0 saturated carbocycles.